The highest BCUT2D eigenvalue weighted by Crippen LogP contribution is 2.40. The third-order valence-corrected chi connectivity index (χ3v) is 6.41. The number of carbonyl (C=O) groups is 1. The highest BCUT2D eigenvalue weighted by atomic mass is 19.1. The van der Waals surface area contributed by atoms with E-state index in [-0.39, 0.29) is 30.2 Å². The number of amides is 1. The minimum atomic E-state index is -1.36. The number of likely N-dealkylation sites (tertiary alicyclic amines) is 1. The Balaban J connectivity index is 1.64. The summed E-state index contributed by atoms with van der Waals surface area (Å²) in [6, 6.07) is 2.18. The lowest BCUT2D eigenvalue weighted by atomic mass is 9.97. The molecule has 1 amide bonds. The first-order valence-electron chi connectivity index (χ1n) is 10.9. The zero-order valence-corrected chi connectivity index (χ0v) is 18.7. The average Bonchev–Trinajstić information content (AvgIpc) is 3.14. The van der Waals surface area contributed by atoms with E-state index in [0.717, 1.165) is 10.5 Å². The minimum absolute atomic E-state index is 0.0512. The van der Waals surface area contributed by atoms with Crippen molar-refractivity contribution in [3.8, 4) is 17.0 Å². The van der Waals surface area contributed by atoms with Crippen LogP contribution in [0.5, 0.6) is 5.88 Å². The molecule has 5 rings (SSSR count). The molecule has 11 heteroatoms. The van der Waals surface area contributed by atoms with Crippen LogP contribution in [0.25, 0.3) is 21.9 Å². The lowest BCUT2D eigenvalue weighted by Crippen LogP contribution is -2.45. The maximum absolute atomic E-state index is 15.4. The monoisotopic (exact) mass is 470 g/mol. The first-order valence-corrected chi connectivity index (χ1v) is 10.9. The molecule has 4 N–H and O–H groups in total. The lowest BCUT2D eigenvalue weighted by molar-refractivity contribution is 0.194. The minimum Gasteiger partial charge on any atom is -0.474 e. The summed E-state index contributed by atoms with van der Waals surface area (Å²) in [6.07, 6.45) is 0.179. The van der Waals surface area contributed by atoms with E-state index in [1.54, 1.807) is 18.0 Å². The molecule has 1 fully saturated rings. The molecule has 0 radical (unpaired) electrons. The van der Waals surface area contributed by atoms with Gasteiger partial charge in [0.2, 0.25) is 5.88 Å². The molecule has 2 aromatic heterocycles. The number of nitrogens with one attached hydrogen (secondary N) is 1. The van der Waals surface area contributed by atoms with Crippen LogP contribution in [0.2, 0.25) is 0 Å². The molecular formula is C23H24F2N6O3. The number of pyridine rings is 2. The molecule has 178 valence electrons. The molecule has 1 saturated heterocycles. The molecule has 4 heterocycles. The van der Waals surface area contributed by atoms with Crippen LogP contribution in [0.15, 0.2) is 24.5 Å². The van der Waals surface area contributed by atoms with E-state index in [2.05, 4.69) is 15.3 Å². The molecule has 0 bridgehead atoms. The quantitative estimate of drug-likeness (QED) is 0.500. The molecule has 0 aliphatic carbocycles. The van der Waals surface area contributed by atoms with E-state index in [9.17, 15) is 14.3 Å². The number of hydrogen-bond acceptors (Lipinski definition) is 7. The fraction of sp³-hybridized carbons (Fsp3) is 0.348. The van der Waals surface area contributed by atoms with E-state index >= 15 is 4.39 Å². The average molecular weight is 470 g/mol. The smallest absolute Gasteiger partial charge is 0.413 e. The van der Waals surface area contributed by atoms with E-state index in [0.29, 0.717) is 41.1 Å². The predicted octanol–water partition coefficient (Wildman–Crippen LogP) is 3.27. The van der Waals surface area contributed by atoms with Crippen molar-refractivity contribution >= 4 is 34.1 Å². The number of carboxylic acid groups (broad SMARTS) is 1. The SMILES string of the molecule is Cc1c(-c2cc3cc(N(C(=O)O)[C@@H]4CN(C)C[C@H]4F)ncc3c(N)c2F)cnc2c1NCCO2. The third-order valence-electron chi connectivity index (χ3n) is 6.41. The van der Waals surface area contributed by atoms with Gasteiger partial charge in [0.15, 0.2) is 5.82 Å². The van der Waals surface area contributed by atoms with Crippen LogP contribution in [0, 0.1) is 12.7 Å². The number of nitrogens with zero attached hydrogens (tertiary/aromatic N) is 4. The lowest BCUT2D eigenvalue weighted by Gasteiger charge is -2.26. The standard InChI is InChI=1S/C23H24F2N6O3/c1-11-14(7-29-22-21(11)27-3-4-34-22)13-5-12-6-18(28-8-15(12)20(26)19(13)25)31(23(32)33)17-10-30(2)9-16(17)24/h5-8,16-17,27H,3-4,9-10,26H2,1-2H3,(H,32,33)/t16-,17-/m1/s1. The number of ether oxygens (including phenoxy) is 1. The van der Waals surface area contributed by atoms with E-state index < -0.39 is 24.1 Å². The maximum atomic E-state index is 15.4. The molecule has 2 aliphatic heterocycles. The van der Waals surface area contributed by atoms with Gasteiger partial charge in [-0.25, -0.2) is 23.5 Å². The van der Waals surface area contributed by atoms with Gasteiger partial charge in [0.1, 0.15) is 24.3 Å². The first-order chi connectivity index (χ1) is 16.3. The van der Waals surface area contributed by atoms with Gasteiger partial charge in [-0.1, -0.05) is 0 Å². The van der Waals surface area contributed by atoms with E-state index in [4.69, 9.17) is 10.5 Å². The Morgan fingerprint density at radius 3 is 2.79 bits per heavy atom. The van der Waals surface area contributed by atoms with Crippen LogP contribution < -0.4 is 20.7 Å². The van der Waals surface area contributed by atoms with Crippen LogP contribution in [-0.4, -0.2) is 71.6 Å². The van der Waals surface area contributed by atoms with Crippen LogP contribution >= 0.6 is 0 Å². The second-order valence-corrected chi connectivity index (χ2v) is 8.62. The van der Waals surface area contributed by atoms with Gasteiger partial charge in [-0.15, -0.1) is 0 Å². The van der Waals surface area contributed by atoms with Gasteiger partial charge < -0.3 is 25.8 Å². The van der Waals surface area contributed by atoms with Gasteiger partial charge in [-0.3, -0.25) is 4.90 Å². The first kappa shape index (κ1) is 22.1. The van der Waals surface area contributed by atoms with E-state index in [1.165, 1.54) is 18.5 Å². The number of halogens is 2. The molecule has 34 heavy (non-hydrogen) atoms. The largest absolute Gasteiger partial charge is 0.474 e. The fourth-order valence-electron chi connectivity index (χ4n) is 4.69. The molecule has 1 aromatic carbocycles. The highest BCUT2D eigenvalue weighted by Gasteiger charge is 2.39. The van der Waals surface area contributed by atoms with Crippen molar-refractivity contribution in [1.82, 2.24) is 14.9 Å². The number of nitrogens with two attached hydrogens (primary N) is 1. The number of nitrogen functional groups attached to an aromatic ring is 1. The van der Waals surface area contributed by atoms with Gasteiger partial charge in [0.05, 0.1) is 11.7 Å². The van der Waals surface area contributed by atoms with Crippen LogP contribution in [0.3, 0.4) is 0 Å². The van der Waals surface area contributed by atoms with Gasteiger partial charge in [0, 0.05) is 48.5 Å². The van der Waals surface area contributed by atoms with Crippen molar-refractivity contribution in [1.29, 1.82) is 0 Å². The number of benzene rings is 1. The number of fused-ring (bicyclic) bond motifs is 2. The second-order valence-electron chi connectivity index (χ2n) is 8.62. The summed E-state index contributed by atoms with van der Waals surface area (Å²) in [4.78, 5) is 23.2. The Kier molecular flexibility index (Phi) is 5.35. The van der Waals surface area contributed by atoms with Gasteiger partial charge in [-0.2, -0.15) is 0 Å². The summed E-state index contributed by atoms with van der Waals surface area (Å²) >= 11 is 0. The highest BCUT2D eigenvalue weighted by molar-refractivity contribution is 6.00. The number of likely N-dealkylation sites (N-methyl/N-ethyl adjacent to an activating group) is 1. The maximum Gasteiger partial charge on any atom is 0.413 e. The Morgan fingerprint density at radius 2 is 2.09 bits per heavy atom. The van der Waals surface area contributed by atoms with Crippen molar-refractivity contribution in [2.24, 2.45) is 0 Å². The summed E-state index contributed by atoms with van der Waals surface area (Å²) < 4.78 is 35.5. The molecule has 2 atom stereocenters. The number of rotatable bonds is 3. The molecule has 0 unspecified atom stereocenters. The Morgan fingerprint density at radius 1 is 1.29 bits per heavy atom. The third kappa shape index (κ3) is 3.52. The van der Waals surface area contributed by atoms with Crippen LogP contribution in [0.1, 0.15) is 5.56 Å². The van der Waals surface area contributed by atoms with Crippen LogP contribution in [-0.2, 0) is 0 Å². The molecule has 3 aromatic rings. The Labute approximate surface area is 194 Å². The van der Waals surface area contributed by atoms with Gasteiger partial charge in [0.25, 0.3) is 0 Å². The second kappa shape index (κ2) is 8.24. The van der Waals surface area contributed by atoms with Gasteiger partial charge >= 0.3 is 6.09 Å². The number of aromatic nitrogens is 2. The molecule has 2 aliphatic rings. The van der Waals surface area contributed by atoms with Crippen molar-refractivity contribution < 1.29 is 23.4 Å². The summed E-state index contributed by atoms with van der Waals surface area (Å²) in [7, 11) is 1.73. The van der Waals surface area contributed by atoms with Crippen molar-refractivity contribution in [3.63, 3.8) is 0 Å². The summed E-state index contributed by atoms with van der Waals surface area (Å²) in [6.45, 7) is 3.29. The zero-order valence-electron chi connectivity index (χ0n) is 18.7. The fourth-order valence-corrected chi connectivity index (χ4v) is 4.69. The van der Waals surface area contributed by atoms with Crippen molar-refractivity contribution in [3.05, 3.63) is 35.9 Å². The normalized spacial score (nSPS) is 20.0. The van der Waals surface area contributed by atoms with E-state index in [1.807, 2.05) is 6.92 Å². The molecule has 9 nitrogen and oxygen atoms in total. The number of hydrogen-bond donors (Lipinski definition) is 3. The molecule has 0 spiro atoms. The number of alkyl halides is 1. The predicted molar refractivity (Wildman–Crippen MR) is 125 cm³/mol. The Hall–Kier alpha value is -3.73. The van der Waals surface area contributed by atoms with Gasteiger partial charge in [-0.05, 0) is 37.1 Å². The van der Waals surface area contributed by atoms with Crippen molar-refractivity contribution in [2.75, 3.05) is 49.2 Å². The summed E-state index contributed by atoms with van der Waals surface area (Å²) in [5, 5.41) is 13.9. The zero-order chi connectivity index (χ0) is 24.1. The molecular weight excluding hydrogens is 446 g/mol. The van der Waals surface area contributed by atoms with Crippen molar-refractivity contribution in [2.45, 2.75) is 19.1 Å². The van der Waals surface area contributed by atoms with Crippen LogP contribution in [0.4, 0.5) is 30.8 Å². The summed E-state index contributed by atoms with van der Waals surface area (Å²) in [5.74, 6) is -0.122. The topological polar surface area (TPSA) is 117 Å². The number of anilines is 3. The summed E-state index contributed by atoms with van der Waals surface area (Å²) in [5.41, 5.74) is 8.19. The molecule has 0 saturated carbocycles. The Bertz CT molecular complexity index is 1300.